The molecule has 0 spiro atoms. The normalized spacial score (nSPS) is 26.4. The highest BCUT2D eigenvalue weighted by molar-refractivity contribution is 7.89. The lowest BCUT2D eigenvalue weighted by Gasteiger charge is -2.54. The van der Waals surface area contributed by atoms with Crippen LogP contribution in [0, 0.1) is 11.6 Å². The Morgan fingerprint density at radius 3 is 2.46 bits per heavy atom. The maximum atomic E-state index is 16.1. The van der Waals surface area contributed by atoms with Gasteiger partial charge in [-0.15, -0.1) is 0 Å². The fourth-order valence-electron chi connectivity index (χ4n) is 6.68. The van der Waals surface area contributed by atoms with Crippen LogP contribution >= 0.6 is 0 Å². The van der Waals surface area contributed by atoms with Crippen molar-refractivity contribution in [3.63, 3.8) is 0 Å². The molecule has 2 aliphatic rings. The van der Waals surface area contributed by atoms with Crippen molar-refractivity contribution in [1.29, 1.82) is 0 Å². The molecular formula is C34H45F2N3O5SSi. The van der Waals surface area contributed by atoms with E-state index in [1.54, 1.807) is 12.1 Å². The molecule has 2 heterocycles. The summed E-state index contributed by atoms with van der Waals surface area (Å²) in [5.41, 5.74) is -0.685. The van der Waals surface area contributed by atoms with Crippen molar-refractivity contribution >= 4 is 18.1 Å². The van der Waals surface area contributed by atoms with Gasteiger partial charge < -0.3 is 14.2 Å². The van der Waals surface area contributed by atoms with Crippen molar-refractivity contribution in [2.24, 2.45) is 0 Å². The van der Waals surface area contributed by atoms with Gasteiger partial charge in [0.05, 0.1) is 18.4 Å². The van der Waals surface area contributed by atoms with E-state index < -0.39 is 46.0 Å². The average Bonchev–Trinajstić information content (AvgIpc) is 2.98. The summed E-state index contributed by atoms with van der Waals surface area (Å²) in [6, 6.07) is 12.0. The predicted molar refractivity (Wildman–Crippen MR) is 176 cm³/mol. The van der Waals surface area contributed by atoms with Gasteiger partial charge in [-0.1, -0.05) is 50.0 Å². The molecule has 0 radical (unpaired) electrons. The molecule has 0 amide bonds. The van der Waals surface area contributed by atoms with E-state index in [2.05, 4.69) is 29.6 Å². The van der Waals surface area contributed by atoms with Gasteiger partial charge in [-0.2, -0.15) is 4.31 Å². The zero-order valence-corrected chi connectivity index (χ0v) is 29.2. The molecule has 1 saturated carbocycles. The van der Waals surface area contributed by atoms with Crippen molar-refractivity contribution in [2.75, 3.05) is 20.0 Å². The van der Waals surface area contributed by atoms with Gasteiger partial charge >= 0.3 is 0 Å². The van der Waals surface area contributed by atoms with Gasteiger partial charge in [0.2, 0.25) is 15.9 Å². The van der Waals surface area contributed by atoms with Gasteiger partial charge in [0, 0.05) is 56.2 Å². The van der Waals surface area contributed by atoms with E-state index in [0.717, 1.165) is 12.1 Å². The Labute approximate surface area is 272 Å². The van der Waals surface area contributed by atoms with Crippen LogP contribution in [-0.2, 0) is 31.5 Å². The first-order valence-electron chi connectivity index (χ1n) is 15.9. The fraction of sp³-hybridized carbons (Fsp3) is 0.529. The molecule has 2 aromatic carbocycles. The highest BCUT2D eigenvalue weighted by atomic mass is 32.2. The van der Waals surface area contributed by atoms with Crippen LogP contribution in [0.5, 0.6) is 5.88 Å². The molecule has 2 atom stereocenters. The molecule has 1 saturated heterocycles. The highest BCUT2D eigenvalue weighted by Gasteiger charge is 2.56. The van der Waals surface area contributed by atoms with Crippen molar-refractivity contribution < 1.29 is 31.4 Å². The molecule has 1 aromatic heterocycles. The average molecular weight is 674 g/mol. The smallest absolute Gasteiger partial charge is 0.232 e. The molecular weight excluding hydrogens is 629 g/mol. The molecule has 12 heteroatoms. The standard InChI is InChI=1S/C34H45F2N3O5SSi/c1-25-11-12-31(26-9-7-6-8-10-26)45(40,41)39(25)20-27-17-30(36)28(18-29(27)35)34(23-43-32-19-37-13-14-38-32)21-33(2,22-34)44-24-42-15-16-46(3,4)5/h6-10,13-14,17-19,25,31H,11-12,15-16,20-24H2,1-5H3/t25-,31+,33-,34+/m0/s1. The topological polar surface area (TPSA) is 90.9 Å². The first-order valence-corrected chi connectivity index (χ1v) is 21.1. The Balaban J connectivity index is 1.36. The van der Waals surface area contributed by atoms with Gasteiger partial charge in [0.15, 0.2) is 0 Å². The summed E-state index contributed by atoms with van der Waals surface area (Å²) in [5, 5.41) is -0.731. The third-order valence-corrected chi connectivity index (χ3v) is 13.3. The summed E-state index contributed by atoms with van der Waals surface area (Å²) in [5.74, 6) is -1.00. The van der Waals surface area contributed by atoms with Crippen LogP contribution in [0.2, 0.25) is 25.7 Å². The first-order chi connectivity index (χ1) is 21.7. The summed E-state index contributed by atoms with van der Waals surface area (Å²) in [6.07, 6.45) is 6.31. The van der Waals surface area contributed by atoms with Crippen molar-refractivity contribution in [1.82, 2.24) is 14.3 Å². The van der Waals surface area contributed by atoms with E-state index in [4.69, 9.17) is 14.2 Å². The lowest BCUT2D eigenvalue weighted by molar-refractivity contribution is -0.193. The minimum Gasteiger partial charge on any atom is -0.476 e. The van der Waals surface area contributed by atoms with E-state index in [1.807, 2.05) is 32.0 Å². The third kappa shape index (κ3) is 7.84. The second kappa shape index (κ2) is 13.8. The van der Waals surface area contributed by atoms with E-state index in [1.165, 1.54) is 29.0 Å². The molecule has 250 valence electrons. The minimum absolute atomic E-state index is 0.00971. The highest BCUT2D eigenvalue weighted by Crippen LogP contribution is 2.53. The van der Waals surface area contributed by atoms with Gasteiger partial charge in [0.1, 0.15) is 23.7 Å². The van der Waals surface area contributed by atoms with Gasteiger partial charge in [0.25, 0.3) is 0 Å². The molecule has 5 rings (SSSR count). The third-order valence-electron chi connectivity index (χ3n) is 9.18. The largest absolute Gasteiger partial charge is 0.476 e. The van der Waals surface area contributed by atoms with Crippen LogP contribution in [0.1, 0.15) is 61.5 Å². The van der Waals surface area contributed by atoms with Crippen LogP contribution in [0.3, 0.4) is 0 Å². The summed E-state index contributed by atoms with van der Waals surface area (Å²) < 4.78 is 78.6. The number of sulfonamides is 1. The lowest BCUT2D eigenvalue weighted by Crippen LogP contribution is -2.58. The van der Waals surface area contributed by atoms with Crippen LogP contribution in [0.4, 0.5) is 8.78 Å². The monoisotopic (exact) mass is 673 g/mol. The number of ether oxygens (including phenoxy) is 3. The number of nitrogens with zero attached hydrogens (tertiary/aromatic N) is 3. The van der Waals surface area contributed by atoms with Crippen molar-refractivity contribution in [2.45, 2.75) is 94.1 Å². The molecule has 46 heavy (non-hydrogen) atoms. The van der Waals surface area contributed by atoms with Crippen LogP contribution in [0.15, 0.2) is 61.1 Å². The molecule has 0 bridgehead atoms. The minimum atomic E-state index is -3.82. The number of hydrogen-bond donors (Lipinski definition) is 0. The summed E-state index contributed by atoms with van der Waals surface area (Å²) in [4.78, 5) is 8.20. The Morgan fingerprint density at radius 1 is 1.04 bits per heavy atom. The summed E-state index contributed by atoms with van der Waals surface area (Å²) >= 11 is 0. The Bertz CT molecular complexity index is 1590. The molecule has 0 N–H and O–H groups in total. The lowest BCUT2D eigenvalue weighted by atomic mass is 9.56. The number of halogens is 2. The zero-order chi connectivity index (χ0) is 33.2. The Kier molecular flexibility index (Phi) is 10.3. The van der Waals surface area contributed by atoms with E-state index in [9.17, 15) is 8.42 Å². The van der Waals surface area contributed by atoms with Crippen molar-refractivity contribution in [3.05, 3.63) is 89.4 Å². The first kappa shape index (κ1) is 34.6. The number of hydrogen-bond acceptors (Lipinski definition) is 7. The van der Waals surface area contributed by atoms with Gasteiger partial charge in [-0.05, 0) is 63.3 Å². The summed E-state index contributed by atoms with van der Waals surface area (Å²) in [7, 11) is -5.06. The summed E-state index contributed by atoms with van der Waals surface area (Å²) in [6.45, 7) is 11.1. The molecule has 3 aromatic rings. The Hall–Kier alpha value is -2.77. The van der Waals surface area contributed by atoms with E-state index in [-0.39, 0.29) is 43.0 Å². The number of rotatable bonds is 13. The fourth-order valence-corrected chi connectivity index (χ4v) is 9.63. The number of benzene rings is 2. The maximum Gasteiger partial charge on any atom is 0.232 e. The molecule has 1 aliphatic heterocycles. The molecule has 8 nitrogen and oxygen atoms in total. The molecule has 1 aliphatic carbocycles. The van der Waals surface area contributed by atoms with E-state index in [0.29, 0.717) is 37.9 Å². The van der Waals surface area contributed by atoms with Gasteiger partial charge in [-0.3, -0.25) is 4.98 Å². The second-order valence-electron chi connectivity index (χ2n) is 14.2. The second-order valence-corrected chi connectivity index (χ2v) is 21.9. The SMILES string of the molecule is C[C@H]1CC[C@H](c2ccccc2)S(=O)(=O)N1Cc1cc(F)c([C@]2(COc3cnccn3)C[C@](C)(OCOCC[Si](C)(C)C)C2)cc1F. The van der Waals surface area contributed by atoms with Crippen LogP contribution in [-0.4, -0.2) is 62.4 Å². The molecule has 2 fully saturated rings. The maximum absolute atomic E-state index is 16.1. The van der Waals surface area contributed by atoms with Crippen LogP contribution < -0.4 is 4.74 Å². The number of aromatic nitrogens is 2. The molecule has 0 unspecified atom stereocenters. The van der Waals surface area contributed by atoms with E-state index >= 15 is 8.78 Å². The Morgan fingerprint density at radius 2 is 1.78 bits per heavy atom. The quantitative estimate of drug-likeness (QED) is 0.110. The van der Waals surface area contributed by atoms with Crippen molar-refractivity contribution in [3.8, 4) is 5.88 Å². The zero-order valence-electron chi connectivity index (χ0n) is 27.3. The van der Waals surface area contributed by atoms with Crippen LogP contribution in [0.25, 0.3) is 0 Å². The van der Waals surface area contributed by atoms with Gasteiger partial charge in [-0.25, -0.2) is 22.2 Å². The predicted octanol–water partition coefficient (Wildman–Crippen LogP) is 7.01.